The molecular weight excluding hydrogens is 404 g/mol. The zero-order valence-corrected chi connectivity index (χ0v) is 17.0. The molecule has 30 heavy (non-hydrogen) atoms. The van der Waals surface area contributed by atoms with E-state index in [1.165, 1.54) is 18.4 Å². The van der Waals surface area contributed by atoms with Gasteiger partial charge in [-0.3, -0.25) is 10.1 Å². The Morgan fingerprint density at radius 1 is 1.10 bits per heavy atom. The molecule has 0 saturated carbocycles. The van der Waals surface area contributed by atoms with Crippen molar-refractivity contribution in [2.75, 3.05) is 11.9 Å². The number of imidazole rings is 1. The van der Waals surface area contributed by atoms with Crippen LogP contribution in [0, 0.1) is 6.92 Å². The first-order chi connectivity index (χ1) is 14.4. The molecule has 0 unspecified atom stereocenters. The third kappa shape index (κ3) is 4.27. The monoisotopic (exact) mass is 424 g/mol. The Morgan fingerprint density at radius 2 is 1.87 bits per heavy atom. The number of aromatic nitrogens is 2. The number of nitrogens with one attached hydrogen (secondary N) is 2. The van der Waals surface area contributed by atoms with Crippen molar-refractivity contribution in [3.63, 3.8) is 0 Å². The number of carbonyl (C=O) groups excluding carboxylic acids is 1. The maximum Gasteiger partial charge on any atom is 0.243 e. The molecule has 0 aliphatic carbocycles. The summed E-state index contributed by atoms with van der Waals surface area (Å²) in [5.41, 5.74) is 2.41. The number of fused-ring (bicyclic) bond motifs is 1. The number of sulfonamides is 1. The second-order valence-electron chi connectivity index (χ2n) is 6.82. The number of rotatable bonds is 7. The Balaban J connectivity index is 1.57. The molecule has 2 aromatic carbocycles. The predicted octanol–water partition coefficient (Wildman–Crippen LogP) is 3.29. The molecule has 154 valence electrons. The minimum absolute atomic E-state index is 0.0727. The van der Waals surface area contributed by atoms with E-state index in [0.29, 0.717) is 11.3 Å². The lowest BCUT2D eigenvalue weighted by Gasteiger charge is -2.20. The van der Waals surface area contributed by atoms with Crippen LogP contribution >= 0.6 is 0 Å². The van der Waals surface area contributed by atoms with Gasteiger partial charge in [0.05, 0.1) is 35.3 Å². The van der Waals surface area contributed by atoms with Crippen molar-refractivity contribution in [1.82, 2.24) is 14.3 Å². The highest BCUT2D eigenvalue weighted by molar-refractivity contribution is 7.89. The van der Waals surface area contributed by atoms with Gasteiger partial charge in [-0.15, -0.1) is 0 Å². The first kappa shape index (κ1) is 19.9. The second kappa shape index (κ2) is 8.13. The lowest BCUT2D eigenvalue weighted by Crippen LogP contribution is -2.37. The molecule has 0 aliphatic heterocycles. The van der Waals surface area contributed by atoms with Crippen LogP contribution in [0.4, 0.5) is 5.95 Å². The first-order valence-corrected chi connectivity index (χ1v) is 10.7. The number of aryl methyl sites for hydroxylation is 1. The van der Waals surface area contributed by atoms with Crippen molar-refractivity contribution < 1.29 is 17.6 Å². The van der Waals surface area contributed by atoms with Gasteiger partial charge in [0, 0.05) is 0 Å². The van der Waals surface area contributed by atoms with Crippen molar-refractivity contribution in [3.8, 4) is 0 Å². The van der Waals surface area contributed by atoms with E-state index in [-0.39, 0.29) is 17.4 Å². The topological polar surface area (TPSA) is 108 Å². The van der Waals surface area contributed by atoms with Crippen LogP contribution in [-0.4, -0.2) is 35.1 Å². The maximum atomic E-state index is 13.2. The largest absolute Gasteiger partial charge is 0.468 e. The highest BCUT2D eigenvalue weighted by atomic mass is 32.2. The fourth-order valence-electron chi connectivity index (χ4n) is 3.01. The summed E-state index contributed by atoms with van der Waals surface area (Å²) < 4.78 is 32.7. The summed E-state index contributed by atoms with van der Waals surface area (Å²) in [7, 11) is -3.92. The summed E-state index contributed by atoms with van der Waals surface area (Å²) in [6, 6.07) is 17.1. The van der Waals surface area contributed by atoms with E-state index in [1.807, 2.05) is 31.2 Å². The lowest BCUT2D eigenvalue weighted by molar-refractivity contribution is -0.116. The molecule has 4 rings (SSSR count). The smallest absolute Gasteiger partial charge is 0.243 e. The van der Waals surface area contributed by atoms with Gasteiger partial charge < -0.3 is 9.40 Å². The number of benzene rings is 2. The van der Waals surface area contributed by atoms with E-state index in [1.54, 1.807) is 24.3 Å². The van der Waals surface area contributed by atoms with Crippen LogP contribution in [0.1, 0.15) is 11.3 Å². The molecule has 2 N–H and O–H groups in total. The van der Waals surface area contributed by atoms with Gasteiger partial charge in [0.15, 0.2) is 0 Å². The van der Waals surface area contributed by atoms with Gasteiger partial charge >= 0.3 is 0 Å². The minimum atomic E-state index is -3.92. The number of amides is 1. The number of aromatic amines is 1. The average molecular weight is 424 g/mol. The lowest BCUT2D eigenvalue weighted by atomic mass is 10.2. The van der Waals surface area contributed by atoms with E-state index in [0.717, 1.165) is 15.4 Å². The van der Waals surface area contributed by atoms with E-state index in [9.17, 15) is 13.2 Å². The quantitative estimate of drug-likeness (QED) is 0.473. The Hall–Kier alpha value is -3.43. The molecule has 0 fully saturated rings. The van der Waals surface area contributed by atoms with Crippen LogP contribution in [-0.2, 0) is 21.4 Å². The zero-order chi connectivity index (χ0) is 21.1. The number of furan rings is 1. The summed E-state index contributed by atoms with van der Waals surface area (Å²) in [4.78, 5) is 20.0. The van der Waals surface area contributed by atoms with Crippen LogP contribution in [0.5, 0.6) is 0 Å². The maximum absolute atomic E-state index is 13.2. The van der Waals surface area contributed by atoms with Gasteiger partial charge in [-0.1, -0.05) is 29.8 Å². The van der Waals surface area contributed by atoms with Gasteiger partial charge in [0.25, 0.3) is 0 Å². The molecule has 0 aliphatic rings. The molecule has 0 bridgehead atoms. The molecule has 8 nitrogen and oxygen atoms in total. The normalized spacial score (nSPS) is 11.8. The number of nitrogens with zero attached hydrogens (tertiary/aromatic N) is 2. The van der Waals surface area contributed by atoms with Crippen molar-refractivity contribution >= 4 is 32.9 Å². The fourth-order valence-corrected chi connectivity index (χ4v) is 4.37. The van der Waals surface area contributed by atoms with E-state index in [2.05, 4.69) is 15.3 Å². The molecule has 4 aromatic rings. The van der Waals surface area contributed by atoms with Crippen molar-refractivity contribution in [2.45, 2.75) is 18.4 Å². The Bertz CT molecular complexity index is 1230. The third-order valence-corrected chi connectivity index (χ3v) is 6.34. The average Bonchev–Trinajstić information content (AvgIpc) is 3.36. The zero-order valence-electron chi connectivity index (χ0n) is 16.2. The van der Waals surface area contributed by atoms with Gasteiger partial charge in [-0.25, -0.2) is 13.4 Å². The highest BCUT2D eigenvalue weighted by Gasteiger charge is 2.28. The molecule has 0 spiro atoms. The van der Waals surface area contributed by atoms with E-state index in [4.69, 9.17) is 4.42 Å². The number of carbonyl (C=O) groups is 1. The Morgan fingerprint density at radius 3 is 2.57 bits per heavy atom. The summed E-state index contributed by atoms with van der Waals surface area (Å²) in [6.07, 6.45) is 1.46. The van der Waals surface area contributed by atoms with E-state index >= 15 is 0 Å². The number of anilines is 1. The number of H-pyrrole nitrogens is 1. The molecule has 0 saturated heterocycles. The van der Waals surface area contributed by atoms with Gasteiger partial charge in [-0.2, -0.15) is 4.31 Å². The Labute approximate surface area is 173 Å². The molecule has 2 aromatic heterocycles. The van der Waals surface area contributed by atoms with E-state index < -0.39 is 22.5 Å². The van der Waals surface area contributed by atoms with Crippen LogP contribution in [0.15, 0.2) is 76.2 Å². The second-order valence-corrected chi connectivity index (χ2v) is 8.75. The van der Waals surface area contributed by atoms with Gasteiger partial charge in [0.2, 0.25) is 21.9 Å². The van der Waals surface area contributed by atoms with Crippen molar-refractivity contribution in [1.29, 1.82) is 0 Å². The number of hydrogen-bond donors (Lipinski definition) is 2. The SMILES string of the molecule is Cc1ccc(S(=O)(=O)N(CC(=O)Nc2nc3ccccc3[nH]2)Cc2ccco2)cc1. The molecule has 2 heterocycles. The standard InChI is InChI=1S/C21H20N4O4S/c1-15-8-10-17(11-9-15)30(27,28)25(13-16-5-4-12-29-16)14-20(26)24-21-22-18-6-2-3-7-19(18)23-21/h2-12H,13-14H2,1H3,(H2,22,23,24,26). The van der Waals surface area contributed by atoms with Crippen molar-refractivity contribution in [2.24, 2.45) is 0 Å². The highest BCUT2D eigenvalue weighted by Crippen LogP contribution is 2.20. The minimum Gasteiger partial charge on any atom is -0.468 e. The molecule has 0 atom stereocenters. The van der Waals surface area contributed by atoms with Crippen LogP contribution in [0.2, 0.25) is 0 Å². The Kier molecular flexibility index (Phi) is 5.39. The van der Waals surface area contributed by atoms with Crippen molar-refractivity contribution in [3.05, 3.63) is 78.3 Å². The summed E-state index contributed by atoms with van der Waals surface area (Å²) in [6.45, 7) is 1.41. The van der Waals surface area contributed by atoms with Gasteiger partial charge in [-0.05, 0) is 43.3 Å². The predicted molar refractivity (Wildman–Crippen MR) is 112 cm³/mol. The van der Waals surface area contributed by atoms with Crippen LogP contribution in [0.3, 0.4) is 0 Å². The summed E-state index contributed by atoms with van der Waals surface area (Å²) >= 11 is 0. The first-order valence-electron chi connectivity index (χ1n) is 9.25. The molecule has 1 amide bonds. The van der Waals surface area contributed by atoms with Gasteiger partial charge in [0.1, 0.15) is 5.76 Å². The molecule has 0 radical (unpaired) electrons. The number of hydrogen-bond acceptors (Lipinski definition) is 5. The van der Waals surface area contributed by atoms with Crippen LogP contribution in [0.25, 0.3) is 11.0 Å². The summed E-state index contributed by atoms with van der Waals surface area (Å²) in [5, 5.41) is 2.63. The number of para-hydroxylation sites is 2. The summed E-state index contributed by atoms with van der Waals surface area (Å²) in [5.74, 6) is 0.172. The molecule has 9 heteroatoms. The fraction of sp³-hybridized carbons (Fsp3) is 0.143. The van der Waals surface area contributed by atoms with Crippen LogP contribution < -0.4 is 5.32 Å². The molecular formula is C21H20N4O4S. The third-order valence-electron chi connectivity index (χ3n) is 4.54.